The number of nitrogens with zero attached hydrogens (tertiary/aromatic N) is 2. The second-order valence-electron chi connectivity index (χ2n) is 2.67. The zero-order valence-electron chi connectivity index (χ0n) is 8.14. The van der Waals surface area contributed by atoms with Crippen molar-refractivity contribution in [3.05, 3.63) is 18.7 Å². The molecule has 0 aliphatic heterocycles. The standard InChI is InChI=1S/C8H15N2.Al.2ClH/c1-3-4-5-10-7-6-9(2)8-10;;;/h6-8H,3-5H2,1-2H3;;2*1H/q+1;+3;;. The van der Waals surface area contributed by atoms with Crippen LogP contribution in [0.4, 0.5) is 0 Å². The quantitative estimate of drug-likeness (QED) is 0.559. The maximum absolute atomic E-state index is 2.21. The van der Waals surface area contributed by atoms with Crippen LogP contribution in [0.15, 0.2) is 18.7 Å². The van der Waals surface area contributed by atoms with E-state index in [0.29, 0.717) is 0 Å². The zero-order valence-corrected chi connectivity index (χ0v) is 10.9. The average molecular weight is 239 g/mol. The van der Waals surface area contributed by atoms with Gasteiger partial charge in [-0.25, -0.2) is 9.13 Å². The number of hydrogen-bond donors (Lipinski definition) is 0. The van der Waals surface area contributed by atoms with Gasteiger partial charge in [-0.15, -0.1) is 24.8 Å². The molecule has 1 rings (SSSR count). The van der Waals surface area contributed by atoms with Crippen molar-refractivity contribution in [1.29, 1.82) is 0 Å². The number of rotatable bonds is 3. The van der Waals surface area contributed by atoms with Gasteiger partial charge in [0.05, 0.1) is 13.6 Å². The first kappa shape index (κ1) is 19.0. The molecule has 0 aliphatic rings. The van der Waals surface area contributed by atoms with Crippen LogP contribution in [0.3, 0.4) is 0 Å². The third-order valence-electron chi connectivity index (χ3n) is 1.59. The van der Waals surface area contributed by atoms with E-state index in [9.17, 15) is 0 Å². The van der Waals surface area contributed by atoms with Crippen LogP contribution >= 0.6 is 24.8 Å². The largest absolute Gasteiger partial charge is 3.00 e. The first-order chi connectivity index (χ1) is 4.83. The second kappa shape index (κ2) is 10.4. The Morgan fingerprint density at radius 1 is 1.31 bits per heavy atom. The number of aromatic nitrogens is 2. The molecule has 0 aromatic carbocycles. The van der Waals surface area contributed by atoms with Crippen molar-refractivity contribution in [2.45, 2.75) is 26.3 Å². The summed E-state index contributed by atoms with van der Waals surface area (Å²) in [7, 11) is 2.04. The van der Waals surface area contributed by atoms with Crippen LogP contribution in [0.25, 0.3) is 0 Å². The van der Waals surface area contributed by atoms with Gasteiger partial charge in [0.2, 0.25) is 6.33 Å². The van der Waals surface area contributed by atoms with E-state index in [1.54, 1.807) is 0 Å². The van der Waals surface area contributed by atoms with Crippen LogP contribution < -0.4 is 4.57 Å². The van der Waals surface area contributed by atoms with Crippen LogP contribution in [0, 0.1) is 0 Å². The minimum atomic E-state index is 0. The van der Waals surface area contributed by atoms with E-state index >= 15 is 0 Å². The number of hydrogen-bond acceptors (Lipinski definition) is 0. The van der Waals surface area contributed by atoms with Gasteiger partial charge in [-0.1, -0.05) is 13.3 Å². The van der Waals surface area contributed by atoms with Crippen LogP contribution in [0.1, 0.15) is 19.8 Å². The molecule has 1 heterocycles. The second-order valence-corrected chi connectivity index (χ2v) is 2.67. The van der Waals surface area contributed by atoms with Gasteiger partial charge in [-0.3, -0.25) is 0 Å². The minimum Gasteiger partial charge on any atom is -0.240 e. The van der Waals surface area contributed by atoms with Crippen LogP contribution in [0.5, 0.6) is 0 Å². The zero-order chi connectivity index (χ0) is 7.40. The number of unbranched alkanes of at least 4 members (excludes halogenated alkanes) is 1. The van der Waals surface area contributed by atoms with E-state index in [-0.39, 0.29) is 42.2 Å². The molecule has 0 amide bonds. The molecule has 0 radical (unpaired) electrons. The van der Waals surface area contributed by atoms with Crippen LogP contribution in [-0.2, 0) is 13.6 Å². The van der Waals surface area contributed by atoms with Gasteiger partial charge in [0.25, 0.3) is 0 Å². The van der Waals surface area contributed by atoms with E-state index in [0.717, 1.165) is 6.54 Å². The normalized spacial score (nSPS) is 7.85. The summed E-state index contributed by atoms with van der Waals surface area (Å²) in [4.78, 5) is 0. The van der Waals surface area contributed by atoms with Gasteiger partial charge in [0.15, 0.2) is 0 Å². The summed E-state index contributed by atoms with van der Waals surface area (Å²) in [6.45, 7) is 3.36. The van der Waals surface area contributed by atoms with Gasteiger partial charge >= 0.3 is 17.4 Å². The summed E-state index contributed by atoms with van der Waals surface area (Å²) in [5.41, 5.74) is 0. The molecule has 0 aliphatic carbocycles. The summed E-state index contributed by atoms with van der Waals surface area (Å²) in [5, 5.41) is 0. The summed E-state index contributed by atoms with van der Waals surface area (Å²) >= 11 is 0. The van der Waals surface area contributed by atoms with Crippen molar-refractivity contribution in [3.8, 4) is 0 Å². The number of aryl methyl sites for hydroxylation is 2. The molecular formula is C8H17AlCl2N2+4. The van der Waals surface area contributed by atoms with Crippen molar-refractivity contribution < 1.29 is 4.57 Å². The van der Waals surface area contributed by atoms with Crippen molar-refractivity contribution in [3.63, 3.8) is 0 Å². The monoisotopic (exact) mass is 238 g/mol. The van der Waals surface area contributed by atoms with Crippen molar-refractivity contribution in [1.82, 2.24) is 4.57 Å². The molecule has 0 saturated heterocycles. The summed E-state index contributed by atoms with van der Waals surface area (Å²) in [5.74, 6) is 0. The molecule has 1 aromatic heterocycles. The molecule has 0 fully saturated rings. The van der Waals surface area contributed by atoms with Gasteiger partial charge in [0.1, 0.15) is 12.4 Å². The summed E-state index contributed by atoms with van der Waals surface area (Å²) < 4.78 is 4.28. The fraction of sp³-hybridized carbons (Fsp3) is 0.625. The molecule has 0 spiro atoms. The fourth-order valence-corrected chi connectivity index (χ4v) is 0.975. The Kier molecular flexibility index (Phi) is 15.2. The first-order valence-corrected chi connectivity index (χ1v) is 3.84. The molecule has 0 unspecified atom stereocenters. The summed E-state index contributed by atoms with van der Waals surface area (Å²) in [6.07, 6.45) is 8.82. The maximum atomic E-state index is 2.21. The van der Waals surface area contributed by atoms with Gasteiger partial charge < -0.3 is 0 Å². The molecule has 0 atom stereocenters. The molecule has 5 heteroatoms. The Morgan fingerprint density at radius 2 is 1.92 bits per heavy atom. The Labute approximate surface area is 103 Å². The van der Waals surface area contributed by atoms with E-state index < -0.39 is 0 Å². The predicted molar refractivity (Wildman–Crippen MR) is 60.8 cm³/mol. The molecule has 0 N–H and O–H groups in total. The SMILES string of the molecule is CCCCn1cc[n+](C)c1.Cl.Cl.[Al+3]. The first-order valence-electron chi connectivity index (χ1n) is 3.84. The van der Waals surface area contributed by atoms with E-state index in [2.05, 4.69) is 34.8 Å². The Balaban J connectivity index is -0.000000333. The number of imidazole rings is 1. The van der Waals surface area contributed by atoms with Crippen molar-refractivity contribution >= 4 is 42.2 Å². The Hall–Kier alpha value is 0.322. The van der Waals surface area contributed by atoms with Crippen LogP contribution in [0.2, 0.25) is 0 Å². The van der Waals surface area contributed by atoms with Gasteiger partial charge in [-0.05, 0) is 6.42 Å². The molecular weight excluding hydrogens is 222 g/mol. The fourth-order valence-electron chi connectivity index (χ4n) is 0.975. The third kappa shape index (κ3) is 7.40. The Morgan fingerprint density at radius 3 is 2.31 bits per heavy atom. The Bertz CT molecular complexity index is 204. The average Bonchev–Trinajstić information content (AvgIpc) is 2.31. The van der Waals surface area contributed by atoms with Gasteiger partial charge in [-0.2, -0.15) is 0 Å². The van der Waals surface area contributed by atoms with Crippen LogP contribution in [-0.4, -0.2) is 21.9 Å². The molecule has 2 nitrogen and oxygen atoms in total. The van der Waals surface area contributed by atoms with E-state index in [1.807, 2.05) is 7.05 Å². The molecule has 0 saturated carbocycles. The smallest absolute Gasteiger partial charge is 0.240 e. The van der Waals surface area contributed by atoms with Crippen molar-refractivity contribution in [2.75, 3.05) is 0 Å². The van der Waals surface area contributed by atoms with Crippen molar-refractivity contribution in [2.24, 2.45) is 7.05 Å². The molecule has 1 aromatic rings. The molecule has 0 bridgehead atoms. The minimum absolute atomic E-state index is 0. The summed E-state index contributed by atoms with van der Waals surface area (Å²) in [6, 6.07) is 0. The maximum Gasteiger partial charge on any atom is 3.00 e. The molecule has 72 valence electrons. The van der Waals surface area contributed by atoms with E-state index in [1.165, 1.54) is 12.8 Å². The number of halogens is 2. The molecule has 13 heavy (non-hydrogen) atoms. The third-order valence-corrected chi connectivity index (χ3v) is 1.59. The van der Waals surface area contributed by atoms with E-state index in [4.69, 9.17) is 0 Å². The predicted octanol–water partition coefficient (Wildman–Crippen LogP) is 1.58. The topological polar surface area (TPSA) is 8.81 Å². The van der Waals surface area contributed by atoms with Gasteiger partial charge in [0, 0.05) is 0 Å².